The third-order valence-electron chi connectivity index (χ3n) is 4.10. The summed E-state index contributed by atoms with van der Waals surface area (Å²) in [5.41, 5.74) is 0.697. The predicted octanol–water partition coefficient (Wildman–Crippen LogP) is 5.12. The van der Waals surface area contributed by atoms with Gasteiger partial charge < -0.3 is 23.7 Å². The Bertz CT molecular complexity index is 1000. The Morgan fingerprint density at radius 2 is 1.37 bits per heavy atom. The molecule has 0 spiro atoms. The van der Waals surface area contributed by atoms with Crippen molar-refractivity contribution in [1.82, 2.24) is 0 Å². The Hall–Kier alpha value is -3.93. The smallest absolute Gasteiger partial charge is 0.336 e. The second-order valence-corrected chi connectivity index (χ2v) is 6.10. The minimum atomic E-state index is -0.527. The number of methoxy groups -OCH3 is 3. The zero-order valence-corrected chi connectivity index (χ0v) is 17.0. The van der Waals surface area contributed by atoms with Crippen LogP contribution < -0.4 is 23.7 Å². The fraction of sp³-hybridized carbons (Fsp3) is 0.125. The van der Waals surface area contributed by atoms with Crippen LogP contribution in [0.25, 0.3) is 6.08 Å². The summed E-state index contributed by atoms with van der Waals surface area (Å²) < 4.78 is 27.1. The fourth-order valence-electron chi connectivity index (χ4n) is 2.74. The number of esters is 1. The molecule has 0 heterocycles. The van der Waals surface area contributed by atoms with Crippen LogP contribution in [0.3, 0.4) is 0 Å². The van der Waals surface area contributed by atoms with Crippen LogP contribution in [0.4, 0.5) is 0 Å². The van der Waals surface area contributed by atoms with Crippen LogP contribution in [-0.4, -0.2) is 27.3 Å². The van der Waals surface area contributed by atoms with Crippen molar-refractivity contribution in [3.63, 3.8) is 0 Å². The maximum absolute atomic E-state index is 12.3. The molecule has 3 rings (SSSR count). The Morgan fingerprint density at radius 1 is 0.733 bits per heavy atom. The highest BCUT2D eigenvalue weighted by Gasteiger charge is 2.12. The molecule has 0 atom stereocenters. The van der Waals surface area contributed by atoms with Gasteiger partial charge in [-0.1, -0.05) is 24.3 Å². The molecule has 0 aromatic heterocycles. The minimum absolute atomic E-state index is 0.378. The van der Waals surface area contributed by atoms with Crippen LogP contribution in [0.15, 0.2) is 72.8 Å². The van der Waals surface area contributed by atoms with Gasteiger partial charge in [-0.3, -0.25) is 0 Å². The Kier molecular flexibility index (Phi) is 6.95. The molecular weight excluding hydrogens is 384 g/mol. The van der Waals surface area contributed by atoms with E-state index >= 15 is 0 Å². The molecule has 0 aliphatic rings. The van der Waals surface area contributed by atoms with Crippen molar-refractivity contribution in [2.75, 3.05) is 21.3 Å². The van der Waals surface area contributed by atoms with Crippen molar-refractivity contribution in [3.8, 4) is 34.5 Å². The summed E-state index contributed by atoms with van der Waals surface area (Å²) in [5.74, 6) is 2.59. The third kappa shape index (κ3) is 5.32. The molecule has 0 unspecified atom stereocenters. The Labute approximate surface area is 175 Å². The number of benzene rings is 3. The van der Waals surface area contributed by atoms with E-state index in [9.17, 15) is 4.79 Å². The van der Waals surface area contributed by atoms with E-state index in [1.165, 1.54) is 27.4 Å². The van der Waals surface area contributed by atoms with E-state index in [4.69, 9.17) is 23.7 Å². The molecule has 0 aliphatic carbocycles. The summed E-state index contributed by atoms with van der Waals surface area (Å²) >= 11 is 0. The number of ether oxygens (including phenoxy) is 5. The van der Waals surface area contributed by atoms with Crippen LogP contribution in [0.2, 0.25) is 0 Å². The average molecular weight is 406 g/mol. The highest BCUT2D eigenvalue weighted by molar-refractivity contribution is 5.89. The topological polar surface area (TPSA) is 63.2 Å². The van der Waals surface area contributed by atoms with Gasteiger partial charge in [0.05, 0.1) is 21.3 Å². The van der Waals surface area contributed by atoms with E-state index < -0.39 is 5.97 Å². The van der Waals surface area contributed by atoms with Crippen molar-refractivity contribution < 1.29 is 28.5 Å². The van der Waals surface area contributed by atoms with Crippen molar-refractivity contribution in [2.45, 2.75) is 0 Å². The highest BCUT2D eigenvalue weighted by atomic mass is 16.5. The van der Waals surface area contributed by atoms with Gasteiger partial charge in [-0.05, 0) is 48.0 Å². The molecule has 0 saturated heterocycles. The normalized spacial score (nSPS) is 10.5. The lowest BCUT2D eigenvalue weighted by atomic mass is 10.1. The Balaban J connectivity index is 1.70. The van der Waals surface area contributed by atoms with Gasteiger partial charge in [0, 0.05) is 12.1 Å². The molecule has 3 aromatic carbocycles. The van der Waals surface area contributed by atoms with Gasteiger partial charge in [0.2, 0.25) is 5.75 Å². The summed E-state index contributed by atoms with van der Waals surface area (Å²) in [7, 11) is 4.59. The molecule has 3 aromatic rings. The second-order valence-electron chi connectivity index (χ2n) is 6.10. The highest BCUT2D eigenvalue weighted by Crippen LogP contribution is 2.38. The molecule has 0 bridgehead atoms. The van der Waals surface area contributed by atoms with Crippen LogP contribution >= 0.6 is 0 Å². The van der Waals surface area contributed by atoms with Crippen LogP contribution in [0.1, 0.15) is 5.56 Å². The first-order valence-electron chi connectivity index (χ1n) is 9.16. The van der Waals surface area contributed by atoms with Crippen molar-refractivity contribution in [3.05, 3.63) is 78.4 Å². The first-order valence-corrected chi connectivity index (χ1v) is 9.16. The standard InChI is InChI=1S/C24H22O6/c1-26-21-14-17(15-22(27-2)24(21)28-3)12-13-23(25)30-20-11-7-10-19(16-20)29-18-8-5-4-6-9-18/h4-16H,1-3H3/b13-12+. The summed E-state index contributed by atoms with van der Waals surface area (Å²) in [4.78, 5) is 12.3. The monoisotopic (exact) mass is 406 g/mol. The minimum Gasteiger partial charge on any atom is -0.493 e. The lowest BCUT2D eigenvalue weighted by molar-refractivity contribution is -0.128. The van der Waals surface area contributed by atoms with E-state index in [0.29, 0.717) is 40.1 Å². The maximum atomic E-state index is 12.3. The zero-order valence-electron chi connectivity index (χ0n) is 17.0. The van der Waals surface area contributed by atoms with Crippen molar-refractivity contribution in [1.29, 1.82) is 0 Å². The summed E-state index contributed by atoms with van der Waals surface area (Å²) in [6.45, 7) is 0. The van der Waals surface area contributed by atoms with Gasteiger partial charge >= 0.3 is 5.97 Å². The van der Waals surface area contributed by atoms with E-state index in [0.717, 1.165) is 0 Å². The van der Waals surface area contributed by atoms with E-state index in [2.05, 4.69) is 0 Å². The average Bonchev–Trinajstić information content (AvgIpc) is 2.77. The molecule has 0 N–H and O–H groups in total. The SMILES string of the molecule is COc1cc(/C=C/C(=O)Oc2cccc(Oc3ccccc3)c2)cc(OC)c1OC. The summed E-state index contributed by atoms with van der Waals surface area (Å²) in [6.07, 6.45) is 2.93. The van der Waals surface area contributed by atoms with E-state index in [-0.39, 0.29) is 0 Å². The first kappa shape index (κ1) is 20.8. The predicted molar refractivity (Wildman–Crippen MR) is 114 cm³/mol. The van der Waals surface area contributed by atoms with Crippen LogP contribution in [0, 0.1) is 0 Å². The van der Waals surface area contributed by atoms with Crippen molar-refractivity contribution >= 4 is 12.0 Å². The van der Waals surface area contributed by atoms with Gasteiger partial charge in [0.15, 0.2) is 11.5 Å². The molecule has 0 amide bonds. The molecule has 30 heavy (non-hydrogen) atoms. The number of carbonyl (C=O) groups is 1. The largest absolute Gasteiger partial charge is 0.493 e. The molecule has 0 saturated carbocycles. The number of hydrogen-bond donors (Lipinski definition) is 0. The van der Waals surface area contributed by atoms with Crippen molar-refractivity contribution in [2.24, 2.45) is 0 Å². The number of para-hydroxylation sites is 1. The molecule has 6 nitrogen and oxygen atoms in total. The van der Waals surface area contributed by atoms with Gasteiger partial charge in [-0.2, -0.15) is 0 Å². The molecular formula is C24H22O6. The summed E-state index contributed by atoms with van der Waals surface area (Å²) in [5, 5.41) is 0. The zero-order chi connectivity index (χ0) is 21.3. The number of hydrogen-bond acceptors (Lipinski definition) is 6. The van der Waals surface area contributed by atoms with Crippen LogP contribution in [0.5, 0.6) is 34.5 Å². The van der Waals surface area contributed by atoms with Crippen LogP contribution in [-0.2, 0) is 4.79 Å². The number of carbonyl (C=O) groups excluding carboxylic acids is 1. The lowest BCUT2D eigenvalue weighted by Crippen LogP contribution is -2.03. The first-order chi connectivity index (χ1) is 14.6. The molecule has 0 aliphatic heterocycles. The fourth-order valence-corrected chi connectivity index (χ4v) is 2.74. The number of rotatable bonds is 8. The molecule has 0 radical (unpaired) electrons. The van der Waals surface area contributed by atoms with E-state index in [1.807, 2.05) is 30.3 Å². The molecule has 154 valence electrons. The second kappa shape index (κ2) is 10.0. The van der Waals surface area contributed by atoms with Gasteiger partial charge in [0.25, 0.3) is 0 Å². The van der Waals surface area contributed by atoms with Gasteiger partial charge in [-0.15, -0.1) is 0 Å². The molecule has 6 heteroatoms. The maximum Gasteiger partial charge on any atom is 0.336 e. The lowest BCUT2D eigenvalue weighted by Gasteiger charge is -2.12. The third-order valence-corrected chi connectivity index (χ3v) is 4.10. The molecule has 0 fully saturated rings. The van der Waals surface area contributed by atoms with Gasteiger partial charge in [-0.25, -0.2) is 4.79 Å². The van der Waals surface area contributed by atoms with Gasteiger partial charge in [0.1, 0.15) is 17.2 Å². The summed E-state index contributed by atoms with van der Waals surface area (Å²) in [6, 6.07) is 19.7. The van der Waals surface area contributed by atoms with E-state index in [1.54, 1.807) is 42.5 Å². The quantitative estimate of drug-likeness (QED) is 0.294. The Morgan fingerprint density at radius 3 is 2.00 bits per heavy atom.